The summed E-state index contributed by atoms with van der Waals surface area (Å²) in [6.45, 7) is 3.07. The minimum Gasteiger partial charge on any atom is -0.465 e. The van der Waals surface area contributed by atoms with Crippen LogP contribution < -0.4 is 0 Å². The lowest BCUT2D eigenvalue weighted by Crippen LogP contribution is -2.20. The molecule has 0 saturated heterocycles. The number of esters is 2. The highest BCUT2D eigenvalue weighted by molar-refractivity contribution is 6.07. The van der Waals surface area contributed by atoms with Crippen LogP contribution in [0, 0.1) is 0 Å². The molecule has 3 aromatic rings. The Morgan fingerprint density at radius 3 is 2.76 bits per heavy atom. The molecule has 6 heteroatoms. The first-order chi connectivity index (χ1) is 14.0. The second-order valence-electron chi connectivity index (χ2n) is 7.13. The van der Waals surface area contributed by atoms with Gasteiger partial charge >= 0.3 is 11.9 Å². The summed E-state index contributed by atoms with van der Waals surface area (Å²) in [4.78, 5) is 29.5. The number of hydrogen-bond acceptors (Lipinski definition) is 6. The number of rotatable bonds is 5. The molecule has 0 amide bonds. The van der Waals surface area contributed by atoms with E-state index in [-0.39, 0.29) is 6.10 Å². The summed E-state index contributed by atoms with van der Waals surface area (Å²) in [6, 6.07) is 11.1. The smallest absolute Gasteiger partial charge is 0.344 e. The lowest BCUT2D eigenvalue weighted by atomic mass is 10.0. The van der Waals surface area contributed by atoms with Crippen LogP contribution in [-0.2, 0) is 20.7 Å². The van der Waals surface area contributed by atoms with Crippen LogP contribution >= 0.6 is 0 Å². The standard InChI is InChI=1S/C23H21NO5/c1-14(2)29-20(25)13-28-23(26)21-17-7-3-4-8-19(17)24-22-15(9-10-18(21)22)12-16-6-5-11-27-16/h3-8,11-12,14H,9-10,13H2,1-2H3. The van der Waals surface area contributed by atoms with E-state index in [4.69, 9.17) is 18.9 Å². The van der Waals surface area contributed by atoms with Gasteiger partial charge in [0.15, 0.2) is 6.61 Å². The molecule has 148 valence electrons. The van der Waals surface area contributed by atoms with Crippen LogP contribution in [0.4, 0.5) is 0 Å². The van der Waals surface area contributed by atoms with E-state index in [0.717, 1.165) is 29.0 Å². The number of carbonyl (C=O) groups excluding carboxylic acids is 2. The van der Waals surface area contributed by atoms with E-state index in [1.807, 2.05) is 42.5 Å². The van der Waals surface area contributed by atoms with E-state index >= 15 is 0 Å². The van der Waals surface area contributed by atoms with Crippen molar-refractivity contribution in [2.45, 2.75) is 32.8 Å². The molecule has 1 aliphatic carbocycles. The molecule has 0 saturated carbocycles. The van der Waals surface area contributed by atoms with Crippen LogP contribution in [0.3, 0.4) is 0 Å². The van der Waals surface area contributed by atoms with E-state index in [9.17, 15) is 9.59 Å². The van der Waals surface area contributed by atoms with Gasteiger partial charge in [0.05, 0.1) is 29.1 Å². The molecule has 1 aliphatic rings. The first-order valence-corrected chi connectivity index (χ1v) is 9.55. The van der Waals surface area contributed by atoms with Crippen molar-refractivity contribution in [3.63, 3.8) is 0 Å². The van der Waals surface area contributed by atoms with E-state index in [0.29, 0.717) is 22.9 Å². The Bertz CT molecular complexity index is 1100. The molecule has 0 spiro atoms. The summed E-state index contributed by atoms with van der Waals surface area (Å²) in [5.74, 6) is -0.370. The number of carbonyl (C=O) groups is 2. The van der Waals surface area contributed by atoms with Gasteiger partial charge in [0.25, 0.3) is 0 Å². The third-order valence-corrected chi connectivity index (χ3v) is 4.69. The summed E-state index contributed by atoms with van der Waals surface area (Å²) in [7, 11) is 0. The summed E-state index contributed by atoms with van der Waals surface area (Å²) in [5, 5.41) is 0.715. The van der Waals surface area contributed by atoms with Crippen LogP contribution in [0.25, 0.3) is 22.6 Å². The largest absolute Gasteiger partial charge is 0.465 e. The fraction of sp³-hybridized carbons (Fsp3) is 0.261. The average Bonchev–Trinajstić information content (AvgIpc) is 3.34. The van der Waals surface area contributed by atoms with Gasteiger partial charge in [0.1, 0.15) is 5.76 Å². The molecule has 0 radical (unpaired) electrons. The van der Waals surface area contributed by atoms with Crippen LogP contribution in [0.2, 0.25) is 0 Å². The second-order valence-corrected chi connectivity index (χ2v) is 7.13. The Balaban J connectivity index is 1.72. The van der Waals surface area contributed by atoms with Crippen molar-refractivity contribution in [3.05, 3.63) is 65.2 Å². The average molecular weight is 391 g/mol. The number of nitrogens with zero attached hydrogens (tertiary/aromatic N) is 1. The van der Waals surface area contributed by atoms with Gasteiger partial charge in [0, 0.05) is 5.39 Å². The lowest BCUT2D eigenvalue weighted by molar-refractivity contribution is -0.150. The van der Waals surface area contributed by atoms with E-state index < -0.39 is 18.5 Å². The maximum absolute atomic E-state index is 12.9. The van der Waals surface area contributed by atoms with Crippen molar-refractivity contribution in [2.24, 2.45) is 0 Å². The first kappa shape index (κ1) is 18.9. The molecule has 0 bridgehead atoms. The zero-order valence-electron chi connectivity index (χ0n) is 16.3. The van der Waals surface area contributed by atoms with Crippen molar-refractivity contribution >= 4 is 34.5 Å². The summed E-state index contributed by atoms with van der Waals surface area (Å²) < 4.78 is 15.8. The van der Waals surface area contributed by atoms with Crippen molar-refractivity contribution in [1.29, 1.82) is 0 Å². The van der Waals surface area contributed by atoms with Crippen LogP contribution in [0.5, 0.6) is 0 Å². The van der Waals surface area contributed by atoms with E-state index in [1.54, 1.807) is 20.1 Å². The number of hydrogen-bond donors (Lipinski definition) is 0. The van der Waals surface area contributed by atoms with Crippen LogP contribution in [0.15, 0.2) is 47.1 Å². The fourth-order valence-corrected chi connectivity index (χ4v) is 3.55. The highest BCUT2D eigenvalue weighted by Gasteiger charge is 2.28. The first-order valence-electron chi connectivity index (χ1n) is 9.55. The molecular formula is C23H21NO5. The number of aromatic nitrogens is 1. The molecule has 2 heterocycles. The van der Waals surface area contributed by atoms with Gasteiger partial charge in [-0.25, -0.2) is 14.6 Å². The molecule has 0 fully saturated rings. The fourth-order valence-electron chi connectivity index (χ4n) is 3.55. The number of allylic oxidation sites excluding steroid dienone is 1. The minimum atomic E-state index is -0.568. The molecular weight excluding hydrogens is 370 g/mol. The summed E-state index contributed by atoms with van der Waals surface area (Å²) >= 11 is 0. The Morgan fingerprint density at radius 1 is 1.17 bits per heavy atom. The van der Waals surface area contributed by atoms with Crippen LogP contribution in [-0.4, -0.2) is 29.6 Å². The number of para-hydroxylation sites is 1. The third kappa shape index (κ3) is 3.92. The van der Waals surface area contributed by atoms with Gasteiger partial charge < -0.3 is 13.9 Å². The Hall–Kier alpha value is -3.41. The lowest BCUT2D eigenvalue weighted by Gasteiger charge is -2.13. The summed E-state index contributed by atoms with van der Waals surface area (Å²) in [5.41, 5.74) is 3.79. The van der Waals surface area contributed by atoms with E-state index in [1.165, 1.54) is 0 Å². The van der Waals surface area contributed by atoms with Gasteiger partial charge in [-0.2, -0.15) is 0 Å². The molecule has 0 unspecified atom stereocenters. The third-order valence-electron chi connectivity index (χ3n) is 4.69. The van der Waals surface area contributed by atoms with Crippen molar-refractivity contribution in [1.82, 2.24) is 4.98 Å². The van der Waals surface area contributed by atoms with E-state index in [2.05, 4.69) is 0 Å². The highest BCUT2D eigenvalue weighted by atomic mass is 16.6. The van der Waals surface area contributed by atoms with Crippen LogP contribution in [0.1, 0.15) is 47.6 Å². The molecule has 29 heavy (non-hydrogen) atoms. The normalized spacial score (nSPS) is 14.4. The molecule has 0 atom stereocenters. The van der Waals surface area contributed by atoms with Gasteiger partial charge in [-0.3, -0.25) is 0 Å². The zero-order chi connectivity index (χ0) is 20.4. The Morgan fingerprint density at radius 2 is 2.00 bits per heavy atom. The van der Waals surface area contributed by atoms with Crippen molar-refractivity contribution in [3.8, 4) is 0 Å². The molecule has 2 aromatic heterocycles. The predicted molar refractivity (Wildman–Crippen MR) is 108 cm³/mol. The highest BCUT2D eigenvalue weighted by Crippen LogP contribution is 2.37. The number of furan rings is 1. The van der Waals surface area contributed by atoms with Crippen molar-refractivity contribution < 1.29 is 23.5 Å². The molecule has 0 aliphatic heterocycles. The second kappa shape index (κ2) is 7.91. The monoisotopic (exact) mass is 391 g/mol. The summed E-state index contributed by atoms with van der Waals surface area (Å²) in [6.07, 6.45) is 4.72. The minimum absolute atomic E-state index is 0.262. The molecule has 4 rings (SSSR count). The predicted octanol–water partition coefficient (Wildman–Crippen LogP) is 4.42. The van der Waals surface area contributed by atoms with Gasteiger partial charge in [-0.05, 0) is 62.1 Å². The van der Waals surface area contributed by atoms with Gasteiger partial charge in [-0.1, -0.05) is 18.2 Å². The number of ether oxygens (including phenoxy) is 2. The SMILES string of the molecule is CC(C)OC(=O)COC(=O)c1c2c(nc3ccccc13)C(=Cc1ccco1)CC2. The van der Waals surface area contributed by atoms with Crippen molar-refractivity contribution in [2.75, 3.05) is 6.61 Å². The van der Waals surface area contributed by atoms with Gasteiger partial charge in [0.2, 0.25) is 0 Å². The Kier molecular flexibility index (Phi) is 5.16. The topological polar surface area (TPSA) is 78.6 Å². The number of benzene rings is 1. The maximum Gasteiger partial charge on any atom is 0.344 e. The molecule has 1 aromatic carbocycles. The maximum atomic E-state index is 12.9. The quantitative estimate of drug-likeness (QED) is 0.599. The molecule has 0 N–H and O–H groups in total. The molecule has 6 nitrogen and oxygen atoms in total. The number of pyridine rings is 1. The van der Waals surface area contributed by atoms with Gasteiger partial charge in [-0.15, -0.1) is 0 Å². The zero-order valence-corrected chi connectivity index (χ0v) is 16.3. The number of fused-ring (bicyclic) bond motifs is 2. The Labute approximate surface area is 168 Å².